The van der Waals surface area contributed by atoms with Crippen LogP contribution in [0.3, 0.4) is 0 Å². The van der Waals surface area contributed by atoms with E-state index in [4.69, 9.17) is 0 Å². The summed E-state index contributed by atoms with van der Waals surface area (Å²) < 4.78 is 0. The minimum Gasteiger partial charge on any atom is -0.0615 e. The zero-order valence-electron chi connectivity index (χ0n) is 11.2. The van der Waals surface area contributed by atoms with Crippen LogP contribution in [0.15, 0.2) is 0 Å². The first kappa shape index (κ1) is 12.1. The predicted octanol–water partition coefficient (Wildman–Crippen LogP) is 4.89. The Balaban J connectivity index is 2.95. The molecule has 0 aromatic heterocycles. The molecule has 0 spiro atoms. The lowest BCUT2D eigenvalue weighted by Gasteiger charge is -2.49. The van der Waals surface area contributed by atoms with E-state index in [0.717, 1.165) is 5.92 Å². The molecule has 14 heavy (non-hydrogen) atoms. The summed E-state index contributed by atoms with van der Waals surface area (Å²) in [6, 6.07) is 0. The van der Waals surface area contributed by atoms with E-state index >= 15 is 0 Å². The lowest BCUT2D eigenvalue weighted by atomic mass is 9.56. The Labute approximate surface area is 90.5 Å². The second kappa shape index (κ2) is 3.25. The lowest BCUT2D eigenvalue weighted by molar-refractivity contribution is 0.00223. The molecule has 0 heterocycles. The standard InChI is InChI=1S/C14H28/c1-11(12(2,3)4)14(7)10-8-9-13(14,5)6/h11H,8-10H2,1-7H3/t11-,14-/m1/s1. The number of hydrogen-bond donors (Lipinski definition) is 0. The van der Waals surface area contributed by atoms with E-state index in [9.17, 15) is 0 Å². The molecule has 0 bridgehead atoms. The van der Waals surface area contributed by atoms with Gasteiger partial charge in [-0.15, -0.1) is 0 Å². The smallest absolute Gasteiger partial charge is 0.0244 e. The van der Waals surface area contributed by atoms with E-state index in [1.807, 2.05) is 0 Å². The molecule has 2 atom stereocenters. The molecule has 0 aromatic rings. The van der Waals surface area contributed by atoms with Crippen LogP contribution in [0.5, 0.6) is 0 Å². The van der Waals surface area contributed by atoms with Crippen molar-refractivity contribution < 1.29 is 0 Å². The zero-order chi connectivity index (χ0) is 11.2. The topological polar surface area (TPSA) is 0 Å². The Kier molecular flexibility index (Phi) is 2.80. The summed E-state index contributed by atoms with van der Waals surface area (Å²) in [7, 11) is 0. The van der Waals surface area contributed by atoms with Crippen molar-refractivity contribution in [3.05, 3.63) is 0 Å². The van der Waals surface area contributed by atoms with Gasteiger partial charge in [0.15, 0.2) is 0 Å². The van der Waals surface area contributed by atoms with Gasteiger partial charge in [0, 0.05) is 0 Å². The van der Waals surface area contributed by atoms with E-state index in [2.05, 4.69) is 48.5 Å². The fraction of sp³-hybridized carbons (Fsp3) is 1.00. The average Bonchev–Trinajstić information content (AvgIpc) is 2.24. The van der Waals surface area contributed by atoms with Gasteiger partial charge in [-0.2, -0.15) is 0 Å². The normalized spacial score (nSPS) is 34.5. The maximum absolute atomic E-state index is 2.51. The van der Waals surface area contributed by atoms with E-state index in [1.54, 1.807) is 0 Å². The van der Waals surface area contributed by atoms with Gasteiger partial charge in [0.1, 0.15) is 0 Å². The molecule has 0 unspecified atom stereocenters. The molecule has 84 valence electrons. The summed E-state index contributed by atoms with van der Waals surface area (Å²) in [5.41, 5.74) is 1.50. The third kappa shape index (κ3) is 1.73. The van der Waals surface area contributed by atoms with Crippen LogP contribution in [-0.2, 0) is 0 Å². The SMILES string of the molecule is C[C@H](C(C)(C)C)[C@@]1(C)CCCC1(C)C. The summed E-state index contributed by atoms with van der Waals surface area (Å²) in [6.07, 6.45) is 4.24. The Morgan fingerprint density at radius 1 is 1.00 bits per heavy atom. The van der Waals surface area contributed by atoms with Crippen LogP contribution in [0.25, 0.3) is 0 Å². The first-order valence-corrected chi connectivity index (χ1v) is 6.11. The quantitative estimate of drug-likeness (QED) is 0.560. The highest BCUT2D eigenvalue weighted by Gasteiger charge is 2.50. The first-order valence-electron chi connectivity index (χ1n) is 6.11. The van der Waals surface area contributed by atoms with Gasteiger partial charge >= 0.3 is 0 Å². The summed E-state index contributed by atoms with van der Waals surface area (Å²) in [5, 5.41) is 0. The number of rotatable bonds is 1. The van der Waals surface area contributed by atoms with E-state index in [0.29, 0.717) is 16.2 Å². The van der Waals surface area contributed by atoms with Crippen molar-refractivity contribution in [1.82, 2.24) is 0 Å². The molecule has 0 heteroatoms. The van der Waals surface area contributed by atoms with Gasteiger partial charge in [0.2, 0.25) is 0 Å². The van der Waals surface area contributed by atoms with Gasteiger partial charge in [0.25, 0.3) is 0 Å². The monoisotopic (exact) mass is 196 g/mol. The highest BCUT2D eigenvalue weighted by atomic mass is 14.6. The summed E-state index contributed by atoms with van der Waals surface area (Å²) in [5.74, 6) is 0.799. The molecule has 1 saturated carbocycles. The third-order valence-corrected chi connectivity index (χ3v) is 5.30. The molecule has 0 aromatic carbocycles. The molecule has 0 aliphatic heterocycles. The Morgan fingerprint density at radius 3 is 1.79 bits per heavy atom. The van der Waals surface area contributed by atoms with Gasteiger partial charge in [0.05, 0.1) is 0 Å². The second-order valence-corrected chi connectivity index (χ2v) is 7.24. The van der Waals surface area contributed by atoms with Crippen molar-refractivity contribution in [2.45, 2.75) is 67.7 Å². The minimum absolute atomic E-state index is 0.441. The van der Waals surface area contributed by atoms with Gasteiger partial charge in [-0.3, -0.25) is 0 Å². The van der Waals surface area contributed by atoms with E-state index in [1.165, 1.54) is 19.3 Å². The Hall–Kier alpha value is 0. The van der Waals surface area contributed by atoms with Crippen LogP contribution in [-0.4, -0.2) is 0 Å². The van der Waals surface area contributed by atoms with Crippen molar-refractivity contribution in [2.24, 2.45) is 22.2 Å². The van der Waals surface area contributed by atoms with Crippen molar-refractivity contribution in [1.29, 1.82) is 0 Å². The molecule has 1 fully saturated rings. The largest absolute Gasteiger partial charge is 0.0615 e. The van der Waals surface area contributed by atoms with Crippen LogP contribution in [0.2, 0.25) is 0 Å². The molecular formula is C14H28. The third-order valence-electron chi connectivity index (χ3n) is 5.30. The number of hydrogen-bond acceptors (Lipinski definition) is 0. The molecule has 0 saturated heterocycles. The highest BCUT2D eigenvalue weighted by molar-refractivity contribution is 5.00. The molecule has 1 rings (SSSR count). The average molecular weight is 196 g/mol. The predicted molar refractivity (Wildman–Crippen MR) is 64.4 cm³/mol. The van der Waals surface area contributed by atoms with Crippen LogP contribution in [0.1, 0.15) is 67.7 Å². The summed E-state index contributed by atoms with van der Waals surface area (Å²) in [4.78, 5) is 0. The van der Waals surface area contributed by atoms with E-state index in [-0.39, 0.29) is 0 Å². The fourth-order valence-corrected chi connectivity index (χ4v) is 3.28. The van der Waals surface area contributed by atoms with Crippen LogP contribution >= 0.6 is 0 Å². The molecule has 0 nitrogen and oxygen atoms in total. The molecule has 0 amide bonds. The first-order chi connectivity index (χ1) is 6.11. The van der Waals surface area contributed by atoms with Crippen LogP contribution in [0.4, 0.5) is 0 Å². The Bertz CT molecular complexity index is 207. The van der Waals surface area contributed by atoms with Gasteiger partial charge in [-0.05, 0) is 35.0 Å². The highest BCUT2D eigenvalue weighted by Crippen LogP contribution is 2.59. The zero-order valence-corrected chi connectivity index (χ0v) is 11.2. The Morgan fingerprint density at radius 2 is 1.50 bits per heavy atom. The maximum atomic E-state index is 2.51. The summed E-state index contributed by atoms with van der Waals surface area (Å²) in [6.45, 7) is 17.0. The van der Waals surface area contributed by atoms with Gasteiger partial charge < -0.3 is 0 Å². The van der Waals surface area contributed by atoms with Crippen molar-refractivity contribution in [2.75, 3.05) is 0 Å². The second-order valence-electron chi connectivity index (χ2n) is 7.24. The van der Waals surface area contributed by atoms with E-state index < -0.39 is 0 Å². The molecule has 0 N–H and O–H groups in total. The van der Waals surface area contributed by atoms with Crippen molar-refractivity contribution >= 4 is 0 Å². The van der Waals surface area contributed by atoms with Crippen molar-refractivity contribution in [3.63, 3.8) is 0 Å². The molecular weight excluding hydrogens is 168 g/mol. The van der Waals surface area contributed by atoms with Crippen LogP contribution < -0.4 is 0 Å². The van der Waals surface area contributed by atoms with Crippen LogP contribution in [0, 0.1) is 22.2 Å². The van der Waals surface area contributed by atoms with Crippen molar-refractivity contribution in [3.8, 4) is 0 Å². The summed E-state index contributed by atoms with van der Waals surface area (Å²) >= 11 is 0. The lowest BCUT2D eigenvalue weighted by Crippen LogP contribution is -2.41. The minimum atomic E-state index is 0.441. The fourth-order valence-electron chi connectivity index (χ4n) is 3.28. The van der Waals surface area contributed by atoms with Gasteiger partial charge in [-0.1, -0.05) is 54.9 Å². The molecule has 1 aliphatic carbocycles. The van der Waals surface area contributed by atoms with Gasteiger partial charge in [-0.25, -0.2) is 0 Å². The molecule has 1 aliphatic rings. The maximum Gasteiger partial charge on any atom is -0.0244 e. The molecule has 0 radical (unpaired) electrons.